The second-order valence-electron chi connectivity index (χ2n) is 1.46. The maximum Gasteiger partial charge on any atom is 0.0436 e. The van der Waals surface area contributed by atoms with E-state index in [2.05, 4.69) is 14.8 Å². The van der Waals surface area contributed by atoms with E-state index in [1.54, 1.807) is 12.4 Å². The molecule has 0 aliphatic rings. The van der Waals surface area contributed by atoms with Gasteiger partial charge >= 0.3 is 0 Å². The molecule has 9 heavy (non-hydrogen) atoms. The van der Waals surface area contributed by atoms with E-state index in [9.17, 15) is 0 Å². The third-order valence-electron chi connectivity index (χ3n) is 0.853. The molecule has 0 saturated carbocycles. The van der Waals surface area contributed by atoms with Crippen LogP contribution in [0, 0.1) is 9.85 Å². The zero-order valence-electron chi connectivity index (χ0n) is 4.63. The summed E-state index contributed by atoms with van der Waals surface area (Å²) in [6.45, 7) is 0. The van der Waals surface area contributed by atoms with E-state index in [1.165, 1.54) is 0 Å². The lowest BCUT2D eigenvalue weighted by Crippen LogP contribution is -1.72. The number of hydrogen-bond acceptors (Lipinski definition) is 1. The topological polar surface area (TPSA) is 12.9 Å². The van der Waals surface area contributed by atoms with Crippen LogP contribution in [0.25, 0.3) is 0 Å². The average molecular weight is 229 g/mol. The van der Waals surface area contributed by atoms with Gasteiger partial charge in [-0.05, 0) is 16.1 Å². The highest BCUT2D eigenvalue weighted by Gasteiger charge is 1.79. The summed E-state index contributed by atoms with van der Waals surface area (Å²) in [5, 5.41) is 0. The molecule has 0 unspecified atom stereocenters. The molecule has 0 atom stereocenters. The average Bonchev–Trinajstić information content (AvgIpc) is 1.91. The minimum absolute atomic E-state index is 0.965. The lowest BCUT2D eigenvalue weighted by Gasteiger charge is -1.82. The number of aromatic nitrogens is 1. The second-order valence-corrected chi connectivity index (χ2v) is 2.00. The van der Waals surface area contributed by atoms with Crippen molar-refractivity contribution < 1.29 is 0 Å². The molecule has 0 spiro atoms. The Hall–Kier alpha value is -0.560. The molecule has 0 amide bonds. The summed E-state index contributed by atoms with van der Waals surface area (Å²) >= 11 is 2.00. The lowest BCUT2D eigenvalue weighted by atomic mass is 10.3. The van der Waals surface area contributed by atoms with Gasteiger partial charge in [-0.15, -0.1) is 0 Å². The largest absolute Gasteiger partial charge is 0.263 e. The van der Waals surface area contributed by atoms with Crippen LogP contribution in [-0.4, -0.2) is 4.98 Å². The van der Waals surface area contributed by atoms with Gasteiger partial charge in [0.05, 0.1) is 0 Å². The molecular weight excluding hydrogens is 225 g/mol. The molecule has 44 valence electrons. The van der Waals surface area contributed by atoms with E-state index in [4.69, 9.17) is 0 Å². The smallest absolute Gasteiger partial charge is 0.0436 e. The predicted molar refractivity (Wildman–Crippen MR) is 45.1 cm³/mol. The molecule has 1 aromatic rings. The van der Waals surface area contributed by atoms with Gasteiger partial charge in [-0.1, -0.05) is 5.92 Å². The van der Waals surface area contributed by atoms with E-state index >= 15 is 0 Å². The molecule has 0 radical (unpaired) electrons. The first-order valence-electron chi connectivity index (χ1n) is 2.45. The first kappa shape index (κ1) is 6.56. The van der Waals surface area contributed by atoms with Crippen molar-refractivity contribution in [3.05, 3.63) is 30.1 Å². The molecule has 1 rings (SSSR count). The second kappa shape index (κ2) is 3.46. The van der Waals surface area contributed by atoms with Crippen LogP contribution >= 0.6 is 22.6 Å². The molecule has 1 aromatic heterocycles. The van der Waals surface area contributed by atoms with Crippen LogP contribution in [0.4, 0.5) is 0 Å². The van der Waals surface area contributed by atoms with Crippen molar-refractivity contribution in [1.82, 2.24) is 4.98 Å². The monoisotopic (exact) mass is 229 g/mol. The van der Waals surface area contributed by atoms with Crippen molar-refractivity contribution >= 4 is 22.6 Å². The van der Waals surface area contributed by atoms with E-state index in [0.717, 1.165) is 5.56 Å². The van der Waals surface area contributed by atoms with Crippen molar-refractivity contribution in [1.29, 1.82) is 0 Å². The van der Waals surface area contributed by atoms with Gasteiger partial charge in [0.25, 0.3) is 0 Å². The fourth-order valence-electron chi connectivity index (χ4n) is 0.491. The molecule has 0 saturated heterocycles. The standard InChI is InChI=1S/C7H4IN/c8-4-3-7-2-1-5-9-6-7/h1-2,5-6H. The van der Waals surface area contributed by atoms with Crippen LogP contribution in [0.3, 0.4) is 0 Å². The number of hydrogen-bond donors (Lipinski definition) is 0. The molecule has 0 bridgehead atoms. The summed E-state index contributed by atoms with van der Waals surface area (Å²) in [6.07, 6.45) is 3.48. The molecule has 0 aromatic carbocycles. The molecular formula is C7H4IN. The number of rotatable bonds is 0. The van der Waals surface area contributed by atoms with Gasteiger partial charge in [0, 0.05) is 40.5 Å². The first-order chi connectivity index (χ1) is 4.43. The zero-order valence-corrected chi connectivity index (χ0v) is 6.79. The summed E-state index contributed by atoms with van der Waals surface area (Å²) in [5.41, 5.74) is 0.965. The zero-order chi connectivity index (χ0) is 6.53. The van der Waals surface area contributed by atoms with Gasteiger partial charge < -0.3 is 0 Å². The Morgan fingerprint density at radius 3 is 3.00 bits per heavy atom. The molecule has 0 aliphatic carbocycles. The third kappa shape index (κ3) is 2.02. The molecule has 1 heterocycles. The van der Waals surface area contributed by atoms with Crippen LogP contribution in [0.1, 0.15) is 5.56 Å². The molecule has 0 fully saturated rings. The van der Waals surface area contributed by atoms with Crippen molar-refractivity contribution in [3.63, 3.8) is 0 Å². The highest BCUT2D eigenvalue weighted by Crippen LogP contribution is 1.91. The van der Waals surface area contributed by atoms with Gasteiger partial charge in [-0.2, -0.15) is 0 Å². The van der Waals surface area contributed by atoms with Crippen LogP contribution < -0.4 is 0 Å². The van der Waals surface area contributed by atoms with E-state index in [1.807, 2.05) is 34.7 Å². The van der Waals surface area contributed by atoms with Crippen molar-refractivity contribution in [2.45, 2.75) is 0 Å². The van der Waals surface area contributed by atoms with E-state index in [0.29, 0.717) is 0 Å². The Morgan fingerprint density at radius 2 is 2.44 bits per heavy atom. The summed E-state index contributed by atoms with van der Waals surface area (Å²) < 4.78 is 2.76. The maximum absolute atomic E-state index is 3.90. The van der Waals surface area contributed by atoms with E-state index in [-0.39, 0.29) is 0 Å². The number of halogens is 1. The Morgan fingerprint density at radius 1 is 1.56 bits per heavy atom. The number of nitrogens with zero attached hydrogens (tertiary/aromatic N) is 1. The fraction of sp³-hybridized carbons (Fsp3) is 0. The normalized spacial score (nSPS) is 7.67. The maximum atomic E-state index is 3.90. The van der Waals surface area contributed by atoms with Gasteiger partial charge in [-0.3, -0.25) is 4.98 Å². The van der Waals surface area contributed by atoms with Crippen LogP contribution in [0.5, 0.6) is 0 Å². The van der Waals surface area contributed by atoms with Crippen LogP contribution in [0.15, 0.2) is 24.5 Å². The highest BCUT2D eigenvalue weighted by molar-refractivity contribution is 14.1. The Labute approximate surface area is 67.6 Å². The summed E-state index contributed by atoms with van der Waals surface area (Å²) in [5.74, 6) is 2.88. The quantitative estimate of drug-likeness (QED) is 0.488. The van der Waals surface area contributed by atoms with Crippen molar-refractivity contribution in [2.75, 3.05) is 0 Å². The van der Waals surface area contributed by atoms with Crippen molar-refractivity contribution in [3.8, 4) is 9.85 Å². The third-order valence-corrected chi connectivity index (χ3v) is 1.12. The van der Waals surface area contributed by atoms with E-state index < -0.39 is 0 Å². The summed E-state index contributed by atoms with van der Waals surface area (Å²) in [7, 11) is 0. The fourth-order valence-corrected chi connectivity index (χ4v) is 0.803. The minimum atomic E-state index is 0.965. The Bertz CT molecular complexity index is 232. The van der Waals surface area contributed by atoms with Gasteiger partial charge in [0.2, 0.25) is 0 Å². The van der Waals surface area contributed by atoms with Crippen LogP contribution in [0.2, 0.25) is 0 Å². The van der Waals surface area contributed by atoms with Gasteiger partial charge in [0.1, 0.15) is 0 Å². The Kier molecular flexibility index (Phi) is 2.52. The molecule has 0 aliphatic heterocycles. The SMILES string of the molecule is IC#Cc1cccnc1. The van der Waals surface area contributed by atoms with Gasteiger partial charge in [0.15, 0.2) is 0 Å². The lowest BCUT2D eigenvalue weighted by molar-refractivity contribution is 1.31. The first-order valence-corrected chi connectivity index (χ1v) is 3.53. The minimum Gasteiger partial charge on any atom is -0.263 e. The summed E-state index contributed by atoms with van der Waals surface area (Å²) in [4.78, 5) is 3.90. The van der Waals surface area contributed by atoms with Gasteiger partial charge in [-0.25, -0.2) is 0 Å². The molecule has 2 heteroatoms. The van der Waals surface area contributed by atoms with Crippen LogP contribution in [-0.2, 0) is 0 Å². The molecule has 0 N–H and O–H groups in total. The molecule has 1 nitrogen and oxygen atoms in total. The highest BCUT2D eigenvalue weighted by atomic mass is 127. The summed E-state index contributed by atoms with van der Waals surface area (Å²) in [6, 6.07) is 3.80. The van der Waals surface area contributed by atoms with Crippen molar-refractivity contribution in [2.24, 2.45) is 0 Å². The predicted octanol–water partition coefficient (Wildman–Crippen LogP) is 1.83. The Balaban J connectivity index is 2.94. The number of pyridine rings is 1.